The number of aromatic nitrogens is 2. The number of pyridine rings is 1. The van der Waals surface area contributed by atoms with E-state index in [1.807, 2.05) is 48.7 Å². The summed E-state index contributed by atoms with van der Waals surface area (Å²) in [4.78, 5) is 21.9. The second-order valence-electron chi connectivity index (χ2n) is 8.10. The number of ether oxygens (including phenoxy) is 1. The Morgan fingerprint density at radius 2 is 2.10 bits per heavy atom. The fourth-order valence-electron chi connectivity index (χ4n) is 4.32. The van der Waals surface area contributed by atoms with Crippen LogP contribution in [0.1, 0.15) is 18.4 Å². The second kappa shape index (κ2) is 8.40. The maximum absolute atomic E-state index is 12.7. The van der Waals surface area contributed by atoms with Crippen molar-refractivity contribution in [1.82, 2.24) is 14.9 Å². The van der Waals surface area contributed by atoms with E-state index in [2.05, 4.69) is 16.0 Å². The molecule has 0 saturated carbocycles. The van der Waals surface area contributed by atoms with Gasteiger partial charge in [0.25, 0.3) is 0 Å². The summed E-state index contributed by atoms with van der Waals surface area (Å²) < 4.78 is 6.05. The molecular formula is C25H25N3O3. The molecule has 1 fully saturated rings. The summed E-state index contributed by atoms with van der Waals surface area (Å²) >= 11 is 0. The first kappa shape index (κ1) is 19.6. The van der Waals surface area contributed by atoms with Gasteiger partial charge in [-0.2, -0.15) is 0 Å². The van der Waals surface area contributed by atoms with Crippen molar-refractivity contribution in [2.24, 2.45) is 0 Å². The van der Waals surface area contributed by atoms with E-state index in [1.165, 1.54) is 0 Å². The number of aryl methyl sites for hydroxylation is 1. The van der Waals surface area contributed by atoms with E-state index in [9.17, 15) is 9.90 Å². The summed E-state index contributed by atoms with van der Waals surface area (Å²) in [6.07, 6.45) is 6.21. The van der Waals surface area contributed by atoms with Crippen molar-refractivity contribution in [3.8, 4) is 5.75 Å². The van der Waals surface area contributed by atoms with Crippen LogP contribution in [0.15, 0.2) is 67.1 Å². The highest BCUT2D eigenvalue weighted by molar-refractivity contribution is 5.84. The van der Waals surface area contributed by atoms with E-state index in [0.717, 1.165) is 27.2 Å². The van der Waals surface area contributed by atoms with Gasteiger partial charge in [0.2, 0.25) is 5.91 Å². The largest absolute Gasteiger partial charge is 0.488 e. The number of amides is 1. The van der Waals surface area contributed by atoms with Crippen LogP contribution in [0.5, 0.6) is 5.75 Å². The average Bonchev–Trinajstić information content (AvgIpc) is 3.22. The topological polar surface area (TPSA) is 78.5 Å². The number of likely N-dealkylation sites (tertiary alicyclic amines) is 1. The highest BCUT2D eigenvalue weighted by Crippen LogP contribution is 2.25. The number of fused-ring (bicyclic) bond motifs is 2. The number of para-hydroxylation sites is 1. The van der Waals surface area contributed by atoms with E-state index >= 15 is 0 Å². The van der Waals surface area contributed by atoms with Gasteiger partial charge in [-0.1, -0.05) is 24.3 Å². The number of nitrogens with one attached hydrogen (secondary N) is 1. The van der Waals surface area contributed by atoms with Gasteiger partial charge in [-0.3, -0.25) is 9.78 Å². The molecule has 1 aliphatic heterocycles. The molecule has 0 bridgehead atoms. The van der Waals surface area contributed by atoms with Gasteiger partial charge in [0, 0.05) is 54.3 Å². The van der Waals surface area contributed by atoms with E-state index < -0.39 is 6.10 Å². The van der Waals surface area contributed by atoms with Gasteiger partial charge in [-0.15, -0.1) is 0 Å². The number of hydrogen-bond acceptors (Lipinski definition) is 4. The molecule has 158 valence electrons. The molecular weight excluding hydrogens is 390 g/mol. The minimum absolute atomic E-state index is 0.0690. The maximum atomic E-state index is 12.7. The quantitative estimate of drug-likeness (QED) is 0.521. The highest BCUT2D eigenvalue weighted by atomic mass is 16.5. The average molecular weight is 415 g/mol. The zero-order valence-electron chi connectivity index (χ0n) is 17.2. The molecule has 0 aliphatic carbocycles. The molecule has 2 atom stereocenters. The van der Waals surface area contributed by atoms with Crippen LogP contribution in [-0.4, -0.2) is 51.2 Å². The van der Waals surface area contributed by atoms with Crippen LogP contribution in [0.2, 0.25) is 0 Å². The lowest BCUT2D eigenvalue weighted by Gasteiger charge is -2.36. The monoisotopic (exact) mass is 415 g/mol. The van der Waals surface area contributed by atoms with Crippen molar-refractivity contribution in [1.29, 1.82) is 0 Å². The molecule has 2 aromatic heterocycles. The van der Waals surface area contributed by atoms with Gasteiger partial charge >= 0.3 is 0 Å². The summed E-state index contributed by atoms with van der Waals surface area (Å²) in [5.41, 5.74) is 2.23. The Bertz CT molecular complexity index is 1220. The third-order valence-corrected chi connectivity index (χ3v) is 6.06. The van der Waals surface area contributed by atoms with Crippen LogP contribution in [0.3, 0.4) is 0 Å². The first-order chi connectivity index (χ1) is 15.2. The van der Waals surface area contributed by atoms with Gasteiger partial charge in [0.05, 0.1) is 6.54 Å². The fourth-order valence-corrected chi connectivity index (χ4v) is 4.32. The van der Waals surface area contributed by atoms with Crippen molar-refractivity contribution in [2.45, 2.75) is 31.5 Å². The second-order valence-corrected chi connectivity index (χ2v) is 8.10. The van der Waals surface area contributed by atoms with Crippen LogP contribution < -0.4 is 4.74 Å². The molecule has 0 unspecified atom stereocenters. The Morgan fingerprint density at radius 3 is 3.00 bits per heavy atom. The molecule has 0 spiro atoms. The number of nitrogens with zero attached hydrogens (tertiary/aromatic N) is 2. The summed E-state index contributed by atoms with van der Waals surface area (Å²) in [6.45, 7) is 0.885. The number of carbonyl (C=O) groups is 1. The number of hydrogen-bond donors (Lipinski definition) is 2. The molecule has 4 aromatic rings. The molecule has 6 nitrogen and oxygen atoms in total. The standard InChI is InChI=1S/C25H25N3O3/c29-23-16-28(25(30)8-6-18-15-27-22-4-2-1-3-21(18)22)12-10-24(23)31-20-7-5-17-9-11-26-14-19(17)13-20/h1-5,7,9,11,13-15,23-24,27,29H,6,8,10,12,16H2/t23-,24-/m1/s1. The van der Waals surface area contributed by atoms with E-state index in [1.54, 1.807) is 17.3 Å². The Hall–Kier alpha value is -3.38. The van der Waals surface area contributed by atoms with Crippen LogP contribution in [0, 0.1) is 0 Å². The highest BCUT2D eigenvalue weighted by Gasteiger charge is 2.31. The number of piperidine rings is 1. The minimum Gasteiger partial charge on any atom is -0.488 e. The maximum Gasteiger partial charge on any atom is 0.222 e. The smallest absolute Gasteiger partial charge is 0.222 e. The molecule has 2 aromatic carbocycles. The fraction of sp³-hybridized carbons (Fsp3) is 0.280. The normalized spacial score (nSPS) is 19.1. The van der Waals surface area contributed by atoms with E-state index in [0.29, 0.717) is 38.1 Å². The van der Waals surface area contributed by atoms with Gasteiger partial charge in [-0.05, 0) is 41.6 Å². The van der Waals surface area contributed by atoms with Crippen LogP contribution in [-0.2, 0) is 11.2 Å². The van der Waals surface area contributed by atoms with Gasteiger partial charge < -0.3 is 19.7 Å². The number of aliphatic hydroxyl groups is 1. The van der Waals surface area contributed by atoms with Crippen molar-refractivity contribution in [3.63, 3.8) is 0 Å². The van der Waals surface area contributed by atoms with Crippen LogP contribution in [0.25, 0.3) is 21.7 Å². The summed E-state index contributed by atoms with van der Waals surface area (Å²) in [6, 6.07) is 15.9. The van der Waals surface area contributed by atoms with Gasteiger partial charge in [-0.25, -0.2) is 0 Å². The molecule has 1 saturated heterocycles. The molecule has 0 radical (unpaired) electrons. The van der Waals surface area contributed by atoms with Crippen molar-refractivity contribution in [3.05, 3.63) is 72.7 Å². The van der Waals surface area contributed by atoms with Gasteiger partial charge in [0.15, 0.2) is 0 Å². The SMILES string of the molecule is O=C(CCc1c[nH]c2ccccc12)N1CC[C@@H](Oc2ccc3ccncc3c2)[C@H](O)C1. The number of aromatic amines is 1. The lowest BCUT2D eigenvalue weighted by Crippen LogP contribution is -2.51. The minimum atomic E-state index is -0.713. The molecule has 3 heterocycles. The Kier molecular flexibility index (Phi) is 5.30. The number of β-amino-alcohol motifs (C(OH)–C–C–N with tert-alkyl or cyclic N) is 1. The third-order valence-electron chi connectivity index (χ3n) is 6.06. The Morgan fingerprint density at radius 1 is 1.19 bits per heavy atom. The zero-order chi connectivity index (χ0) is 21.2. The molecule has 1 aliphatic rings. The number of H-pyrrole nitrogens is 1. The van der Waals surface area contributed by atoms with E-state index in [4.69, 9.17) is 4.74 Å². The Balaban J connectivity index is 1.17. The lowest BCUT2D eigenvalue weighted by molar-refractivity contribution is -0.136. The summed E-state index contributed by atoms with van der Waals surface area (Å²) in [5, 5.41) is 13.9. The van der Waals surface area contributed by atoms with Gasteiger partial charge in [0.1, 0.15) is 18.0 Å². The van der Waals surface area contributed by atoms with Crippen LogP contribution in [0.4, 0.5) is 0 Å². The van der Waals surface area contributed by atoms with Crippen molar-refractivity contribution in [2.75, 3.05) is 13.1 Å². The molecule has 6 heteroatoms. The third kappa shape index (κ3) is 4.11. The lowest BCUT2D eigenvalue weighted by atomic mass is 10.0. The first-order valence-corrected chi connectivity index (χ1v) is 10.7. The number of benzene rings is 2. The number of carbonyl (C=O) groups excluding carboxylic acids is 1. The molecule has 31 heavy (non-hydrogen) atoms. The predicted octanol–water partition coefficient (Wildman–Crippen LogP) is 3.69. The number of aliphatic hydroxyl groups excluding tert-OH is 1. The number of rotatable bonds is 5. The van der Waals surface area contributed by atoms with E-state index in [-0.39, 0.29) is 12.0 Å². The van der Waals surface area contributed by atoms with Crippen molar-refractivity contribution >= 4 is 27.6 Å². The molecule has 5 rings (SSSR count). The predicted molar refractivity (Wildman–Crippen MR) is 120 cm³/mol. The van der Waals surface area contributed by atoms with Crippen LogP contribution >= 0.6 is 0 Å². The Labute approximate surface area is 180 Å². The van der Waals surface area contributed by atoms with Crippen molar-refractivity contribution < 1.29 is 14.6 Å². The molecule has 1 amide bonds. The molecule has 2 N–H and O–H groups in total. The first-order valence-electron chi connectivity index (χ1n) is 10.7. The summed E-state index contributed by atoms with van der Waals surface area (Å²) in [5.74, 6) is 0.781. The zero-order valence-corrected chi connectivity index (χ0v) is 17.2. The summed E-state index contributed by atoms with van der Waals surface area (Å²) in [7, 11) is 0.